The number of hydrogen-bond acceptors (Lipinski definition) is 5. The Hall–Kier alpha value is -1.49. The van der Waals surface area contributed by atoms with E-state index in [-0.39, 0.29) is 6.10 Å². The van der Waals surface area contributed by atoms with E-state index in [2.05, 4.69) is 22.1 Å². The third-order valence-electron chi connectivity index (χ3n) is 3.83. The molecule has 1 aliphatic heterocycles. The number of piperidine rings is 1. The first-order valence-electron chi connectivity index (χ1n) is 7.97. The quantitative estimate of drug-likeness (QED) is 0.844. The summed E-state index contributed by atoms with van der Waals surface area (Å²) >= 11 is 0. The molecule has 1 aromatic heterocycles. The highest BCUT2D eigenvalue weighted by molar-refractivity contribution is 5.53. The summed E-state index contributed by atoms with van der Waals surface area (Å²) in [5, 5.41) is 3.39. The molecule has 0 aromatic carbocycles. The van der Waals surface area contributed by atoms with Crippen molar-refractivity contribution in [2.75, 3.05) is 30.7 Å². The Kier molecular flexibility index (Phi) is 5.67. The number of pyridine rings is 1. The monoisotopic (exact) mass is 292 g/mol. The zero-order valence-electron chi connectivity index (χ0n) is 13.4. The molecule has 118 valence electrons. The Bertz CT molecular complexity index is 444. The van der Waals surface area contributed by atoms with Gasteiger partial charge in [0.1, 0.15) is 5.82 Å². The number of nitrogens with zero attached hydrogens (tertiary/aromatic N) is 2. The smallest absolute Gasteiger partial charge is 0.239 e. The highest BCUT2D eigenvalue weighted by Crippen LogP contribution is 2.22. The predicted octanol–water partition coefficient (Wildman–Crippen LogP) is 2.74. The molecule has 21 heavy (non-hydrogen) atoms. The van der Waals surface area contributed by atoms with Gasteiger partial charge in [-0.15, -0.1) is 0 Å². The van der Waals surface area contributed by atoms with Gasteiger partial charge in [-0.25, -0.2) is 0 Å². The summed E-state index contributed by atoms with van der Waals surface area (Å²) < 4.78 is 5.62. The number of nitrogens with one attached hydrogen (secondary N) is 1. The van der Waals surface area contributed by atoms with Crippen molar-refractivity contribution < 1.29 is 4.74 Å². The van der Waals surface area contributed by atoms with Gasteiger partial charge in [-0.05, 0) is 58.8 Å². The van der Waals surface area contributed by atoms with Gasteiger partial charge in [0.25, 0.3) is 0 Å². The van der Waals surface area contributed by atoms with Crippen molar-refractivity contribution in [2.24, 2.45) is 0 Å². The zero-order valence-corrected chi connectivity index (χ0v) is 13.4. The van der Waals surface area contributed by atoms with E-state index in [9.17, 15) is 0 Å². The summed E-state index contributed by atoms with van der Waals surface area (Å²) in [5.41, 5.74) is 6.47. The Morgan fingerprint density at radius 3 is 2.62 bits per heavy atom. The van der Waals surface area contributed by atoms with Gasteiger partial charge in [-0.2, -0.15) is 4.98 Å². The minimum absolute atomic E-state index is 0.0716. The molecule has 0 bridgehead atoms. The minimum Gasteiger partial charge on any atom is -0.473 e. The van der Waals surface area contributed by atoms with E-state index in [1.807, 2.05) is 26.0 Å². The van der Waals surface area contributed by atoms with Crippen molar-refractivity contribution in [1.29, 1.82) is 0 Å². The maximum atomic E-state index is 5.89. The molecule has 0 aliphatic carbocycles. The predicted molar refractivity (Wildman–Crippen MR) is 87.8 cm³/mol. The molecule has 1 fully saturated rings. The minimum atomic E-state index is 0.0716. The highest BCUT2D eigenvalue weighted by atomic mass is 16.5. The number of nitrogens with two attached hydrogens (primary N) is 1. The molecular weight excluding hydrogens is 264 g/mol. The Morgan fingerprint density at radius 2 is 1.95 bits per heavy atom. The van der Waals surface area contributed by atoms with Crippen molar-refractivity contribution in [2.45, 2.75) is 52.2 Å². The van der Waals surface area contributed by atoms with Crippen LogP contribution in [-0.4, -0.2) is 41.7 Å². The van der Waals surface area contributed by atoms with Crippen LogP contribution in [0.3, 0.4) is 0 Å². The van der Waals surface area contributed by atoms with Crippen LogP contribution >= 0.6 is 0 Å². The van der Waals surface area contributed by atoms with Gasteiger partial charge in [-0.3, -0.25) is 4.90 Å². The second kappa shape index (κ2) is 7.50. The molecule has 2 rings (SSSR count). The Balaban J connectivity index is 1.90. The van der Waals surface area contributed by atoms with Crippen molar-refractivity contribution >= 4 is 11.5 Å². The Labute approximate surface area is 127 Å². The molecule has 1 aliphatic rings. The molecule has 1 unspecified atom stereocenters. The third-order valence-corrected chi connectivity index (χ3v) is 3.83. The van der Waals surface area contributed by atoms with Crippen LogP contribution in [0.5, 0.6) is 5.88 Å². The molecule has 0 spiro atoms. The fraction of sp³-hybridized carbons (Fsp3) is 0.688. The Morgan fingerprint density at radius 1 is 1.24 bits per heavy atom. The van der Waals surface area contributed by atoms with Crippen molar-refractivity contribution in [3.05, 3.63) is 12.1 Å². The standard InChI is InChI=1S/C16H28N4O/c1-12(2)21-16-14(17)7-8-15(19-16)18-11-13(3)20-9-5-4-6-10-20/h7-8,12-13H,4-6,9-11,17H2,1-3H3,(H,18,19). The van der Waals surface area contributed by atoms with Crippen LogP contribution in [0.4, 0.5) is 11.5 Å². The van der Waals surface area contributed by atoms with Crippen LogP contribution in [0.2, 0.25) is 0 Å². The van der Waals surface area contributed by atoms with E-state index >= 15 is 0 Å². The number of rotatable bonds is 6. The van der Waals surface area contributed by atoms with Crippen LogP contribution < -0.4 is 15.8 Å². The topological polar surface area (TPSA) is 63.4 Å². The summed E-state index contributed by atoms with van der Waals surface area (Å²) in [5.74, 6) is 1.34. The largest absolute Gasteiger partial charge is 0.473 e. The average Bonchev–Trinajstić information content (AvgIpc) is 2.48. The van der Waals surface area contributed by atoms with Gasteiger partial charge in [0.2, 0.25) is 5.88 Å². The van der Waals surface area contributed by atoms with E-state index in [0.717, 1.165) is 12.4 Å². The third kappa shape index (κ3) is 4.77. The number of nitrogen functional groups attached to an aromatic ring is 1. The fourth-order valence-electron chi connectivity index (χ4n) is 2.61. The van der Waals surface area contributed by atoms with E-state index in [1.54, 1.807) is 0 Å². The van der Waals surface area contributed by atoms with Gasteiger partial charge in [0, 0.05) is 12.6 Å². The summed E-state index contributed by atoms with van der Waals surface area (Å²) in [6, 6.07) is 4.27. The SMILES string of the molecule is CC(C)Oc1nc(NCC(C)N2CCCCC2)ccc1N. The molecule has 0 amide bonds. The molecule has 0 saturated carbocycles. The second-order valence-electron chi connectivity index (χ2n) is 6.08. The number of likely N-dealkylation sites (tertiary alicyclic amines) is 1. The van der Waals surface area contributed by atoms with Crippen LogP contribution in [0.1, 0.15) is 40.0 Å². The van der Waals surface area contributed by atoms with E-state index in [1.165, 1.54) is 32.4 Å². The van der Waals surface area contributed by atoms with Crippen molar-refractivity contribution in [1.82, 2.24) is 9.88 Å². The summed E-state index contributed by atoms with van der Waals surface area (Å²) in [7, 11) is 0. The molecule has 3 N–H and O–H groups in total. The first kappa shape index (κ1) is 15.9. The van der Waals surface area contributed by atoms with E-state index in [4.69, 9.17) is 10.5 Å². The lowest BCUT2D eigenvalue weighted by molar-refractivity contribution is 0.180. The number of hydrogen-bond donors (Lipinski definition) is 2. The summed E-state index contributed by atoms with van der Waals surface area (Å²) in [4.78, 5) is 6.99. The zero-order chi connectivity index (χ0) is 15.2. The summed E-state index contributed by atoms with van der Waals surface area (Å²) in [6.07, 6.45) is 4.07. The number of aromatic nitrogens is 1. The normalized spacial score (nSPS) is 17.7. The van der Waals surface area contributed by atoms with Gasteiger partial charge < -0.3 is 15.8 Å². The first-order valence-corrected chi connectivity index (χ1v) is 7.97. The van der Waals surface area contributed by atoms with Gasteiger partial charge in [0.05, 0.1) is 11.8 Å². The lowest BCUT2D eigenvalue weighted by Crippen LogP contribution is -2.41. The van der Waals surface area contributed by atoms with E-state index in [0.29, 0.717) is 17.6 Å². The lowest BCUT2D eigenvalue weighted by Gasteiger charge is -2.32. The highest BCUT2D eigenvalue weighted by Gasteiger charge is 2.16. The first-order chi connectivity index (χ1) is 10.1. The lowest BCUT2D eigenvalue weighted by atomic mass is 10.1. The maximum Gasteiger partial charge on any atom is 0.239 e. The van der Waals surface area contributed by atoms with Crippen LogP contribution in [0.25, 0.3) is 0 Å². The van der Waals surface area contributed by atoms with Gasteiger partial charge >= 0.3 is 0 Å². The van der Waals surface area contributed by atoms with Crippen LogP contribution in [-0.2, 0) is 0 Å². The summed E-state index contributed by atoms with van der Waals surface area (Å²) in [6.45, 7) is 9.51. The molecule has 1 aromatic rings. The number of anilines is 2. The molecule has 0 radical (unpaired) electrons. The van der Waals surface area contributed by atoms with E-state index < -0.39 is 0 Å². The molecule has 1 saturated heterocycles. The molecular formula is C16H28N4O. The molecule has 1 atom stereocenters. The molecule has 5 heteroatoms. The van der Waals surface area contributed by atoms with Crippen LogP contribution in [0.15, 0.2) is 12.1 Å². The average molecular weight is 292 g/mol. The molecule has 2 heterocycles. The van der Waals surface area contributed by atoms with Gasteiger partial charge in [-0.1, -0.05) is 6.42 Å². The van der Waals surface area contributed by atoms with Crippen LogP contribution in [0, 0.1) is 0 Å². The number of ether oxygens (including phenoxy) is 1. The van der Waals surface area contributed by atoms with Gasteiger partial charge in [0.15, 0.2) is 0 Å². The van der Waals surface area contributed by atoms with Crippen molar-refractivity contribution in [3.8, 4) is 5.88 Å². The fourth-order valence-corrected chi connectivity index (χ4v) is 2.61. The maximum absolute atomic E-state index is 5.89. The second-order valence-corrected chi connectivity index (χ2v) is 6.08. The molecule has 5 nitrogen and oxygen atoms in total. The van der Waals surface area contributed by atoms with Crippen molar-refractivity contribution in [3.63, 3.8) is 0 Å².